The number of hydrogen-bond acceptors (Lipinski definition) is 3. The molecule has 0 aliphatic heterocycles. The lowest BCUT2D eigenvalue weighted by Crippen LogP contribution is -2.21. The zero-order valence-electron chi connectivity index (χ0n) is 9.77. The van der Waals surface area contributed by atoms with Crippen LogP contribution in [0.25, 0.3) is 21.9 Å². The van der Waals surface area contributed by atoms with Crippen molar-refractivity contribution in [1.29, 1.82) is 0 Å². The van der Waals surface area contributed by atoms with Gasteiger partial charge in [0.25, 0.3) is 5.56 Å². The average Bonchev–Trinajstić information content (AvgIpc) is 2.53. The second-order valence-electron chi connectivity index (χ2n) is 4.20. The smallest absolute Gasteiger partial charge is 0.307 e. The fourth-order valence-corrected chi connectivity index (χ4v) is 2.16. The molecule has 0 aliphatic rings. The number of H-pyrrole nitrogens is 2. The fraction of sp³-hybridized carbons (Fsp3) is 0.182. The number of nitrogens with one attached hydrogen (secondary N) is 2. The van der Waals surface area contributed by atoms with E-state index in [4.69, 9.17) is 0 Å². The van der Waals surface area contributed by atoms with Crippen molar-refractivity contribution in [2.45, 2.75) is 0 Å². The Morgan fingerprint density at radius 3 is 2.22 bits per heavy atom. The number of hydrogen-bond donors (Lipinski definition) is 2. The summed E-state index contributed by atoms with van der Waals surface area (Å²) < 4.78 is 2.92. The first-order valence-corrected chi connectivity index (χ1v) is 5.31. The number of nitrogens with zero attached hydrogens (tertiary/aromatic N) is 2. The molecule has 0 saturated carbocycles. The Labute approximate surface area is 99.3 Å². The molecule has 2 N–H and O–H groups in total. The van der Waals surface area contributed by atoms with Crippen LogP contribution in [0.15, 0.2) is 26.5 Å². The standard InChI is InChI=1S/C11H10N4O3/c1-14-7-3-5-6(12-10(17)13-9(5)16)4-8(7)15(2)11(14)18/h3-4H,1-2H3,(H2,12,13,16,17). The zero-order valence-corrected chi connectivity index (χ0v) is 9.77. The van der Waals surface area contributed by atoms with Gasteiger partial charge in [-0.15, -0.1) is 0 Å². The lowest BCUT2D eigenvalue weighted by atomic mass is 10.2. The second-order valence-corrected chi connectivity index (χ2v) is 4.20. The Balaban J connectivity index is 2.68. The molecule has 0 aliphatic carbocycles. The summed E-state index contributed by atoms with van der Waals surface area (Å²) in [6.07, 6.45) is 0. The third-order valence-electron chi connectivity index (χ3n) is 3.13. The minimum Gasteiger partial charge on any atom is -0.307 e. The molecular weight excluding hydrogens is 236 g/mol. The average molecular weight is 246 g/mol. The maximum Gasteiger partial charge on any atom is 0.328 e. The summed E-state index contributed by atoms with van der Waals surface area (Å²) >= 11 is 0. The maximum atomic E-state index is 11.8. The summed E-state index contributed by atoms with van der Waals surface area (Å²) in [6.45, 7) is 0. The molecule has 0 bridgehead atoms. The van der Waals surface area contributed by atoms with Crippen molar-refractivity contribution < 1.29 is 0 Å². The summed E-state index contributed by atoms with van der Waals surface area (Å²) in [7, 11) is 3.28. The minimum absolute atomic E-state index is 0.181. The minimum atomic E-state index is -0.562. The van der Waals surface area contributed by atoms with Gasteiger partial charge in [0.15, 0.2) is 0 Å². The van der Waals surface area contributed by atoms with E-state index in [2.05, 4.69) is 9.97 Å². The molecule has 18 heavy (non-hydrogen) atoms. The van der Waals surface area contributed by atoms with Crippen molar-refractivity contribution in [3.05, 3.63) is 43.5 Å². The number of benzene rings is 1. The van der Waals surface area contributed by atoms with E-state index in [1.807, 2.05) is 0 Å². The molecule has 0 saturated heterocycles. The Morgan fingerprint density at radius 1 is 0.944 bits per heavy atom. The molecule has 0 amide bonds. The molecule has 7 nitrogen and oxygen atoms in total. The van der Waals surface area contributed by atoms with Crippen LogP contribution in [0.4, 0.5) is 0 Å². The van der Waals surface area contributed by atoms with Crippen LogP contribution in [0.5, 0.6) is 0 Å². The number of rotatable bonds is 0. The van der Waals surface area contributed by atoms with E-state index >= 15 is 0 Å². The van der Waals surface area contributed by atoms with Gasteiger partial charge in [-0.3, -0.25) is 18.9 Å². The van der Waals surface area contributed by atoms with Crippen molar-refractivity contribution in [1.82, 2.24) is 19.1 Å². The van der Waals surface area contributed by atoms with Gasteiger partial charge in [-0.2, -0.15) is 0 Å². The largest absolute Gasteiger partial charge is 0.328 e. The third-order valence-corrected chi connectivity index (χ3v) is 3.13. The van der Waals surface area contributed by atoms with E-state index in [0.717, 1.165) is 0 Å². The van der Waals surface area contributed by atoms with Gasteiger partial charge in [0, 0.05) is 14.1 Å². The Bertz CT molecular complexity index is 954. The molecule has 2 heterocycles. The third kappa shape index (κ3) is 1.21. The van der Waals surface area contributed by atoms with Gasteiger partial charge in [0.05, 0.1) is 21.9 Å². The molecule has 1 aromatic carbocycles. The highest BCUT2D eigenvalue weighted by molar-refractivity contribution is 5.92. The molecule has 3 rings (SSSR count). The Hall–Kier alpha value is -2.57. The monoisotopic (exact) mass is 246 g/mol. The van der Waals surface area contributed by atoms with Gasteiger partial charge >= 0.3 is 11.4 Å². The highest BCUT2D eigenvalue weighted by Crippen LogP contribution is 2.16. The van der Waals surface area contributed by atoms with Crippen molar-refractivity contribution in [3.8, 4) is 0 Å². The van der Waals surface area contributed by atoms with Gasteiger partial charge in [0.2, 0.25) is 0 Å². The first-order valence-electron chi connectivity index (χ1n) is 5.31. The van der Waals surface area contributed by atoms with Crippen molar-refractivity contribution in [2.24, 2.45) is 14.1 Å². The van der Waals surface area contributed by atoms with Gasteiger partial charge in [-0.05, 0) is 12.1 Å². The quantitative estimate of drug-likeness (QED) is 0.555. The molecule has 2 aromatic heterocycles. The van der Waals surface area contributed by atoms with Crippen molar-refractivity contribution >= 4 is 21.9 Å². The molecule has 0 fully saturated rings. The summed E-state index contributed by atoms with van der Waals surface area (Å²) in [5, 5.41) is 0.350. The Kier molecular flexibility index (Phi) is 1.89. The predicted molar refractivity (Wildman–Crippen MR) is 66.9 cm³/mol. The van der Waals surface area contributed by atoms with Gasteiger partial charge in [-0.1, -0.05) is 0 Å². The van der Waals surface area contributed by atoms with Crippen LogP contribution in [0, 0.1) is 0 Å². The Morgan fingerprint density at radius 2 is 1.56 bits per heavy atom. The number of aromatic amines is 2. The lowest BCUT2D eigenvalue weighted by Gasteiger charge is -1.99. The first-order chi connectivity index (χ1) is 8.49. The molecule has 0 radical (unpaired) electrons. The molecule has 0 atom stereocenters. The van der Waals surface area contributed by atoms with E-state index in [1.54, 1.807) is 26.2 Å². The van der Waals surface area contributed by atoms with E-state index in [0.29, 0.717) is 21.9 Å². The van der Waals surface area contributed by atoms with Crippen LogP contribution < -0.4 is 16.9 Å². The predicted octanol–water partition coefficient (Wildman–Crippen LogP) is -0.593. The lowest BCUT2D eigenvalue weighted by molar-refractivity contribution is 0.795. The van der Waals surface area contributed by atoms with Gasteiger partial charge in [-0.25, -0.2) is 9.59 Å². The summed E-state index contributed by atoms with van der Waals surface area (Å²) in [5.74, 6) is 0. The van der Waals surface area contributed by atoms with Crippen LogP contribution in [0.2, 0.25) is 0 Å². The van der Waals surface area contributed by atoms with Crippen LogP contribution >= 0.6 is 0 Å². The molecule has 0 spiro atoms. The van der Waals surface area contributed by atoms with Crippen molar-refractivity contribution in [2.75, 3.05) is 0 Å². The first kappa shape index (κ1) is 10.6. The summed E-state index contributed by atoms with van der Waals surface area (Å²) in [6, 6.07) is 3.23. The SMILES string of the molecule is Cn1c(=O)n(C)c2cc3c(=O)[nH]c(=O)[nH]c3cc21. The number of aryl methyl sites for hydroxylation is 2. The second kappa shape index (κ2) is 3.22. The number of fused-ring (bicyclic) bond motifs is 2. The van der Waals surface area contributed by atoms with E-state index < -0.39 is 11.2 Å². The van der Waals surface area contributed by atoms with E-state index in [-0.39, 0.29) is 5.69 Å². The van der Waals surface area contributed by atoms with Crippen molar-refractivity contribution in [3.63, 3.8) is 0 Å². The normalized spacial score (nSPS) is 11.4. The highest BCUT2D eigenvalue weighted by atomic mass is 16.2. The molecule has 7 heteroatoms. The highest BCUT2D eigenvalue weighted by Gasteiger charge is 2.10. The number of aromatic nitrogens is 4. The van der Waals surface area contributed by atoms with Crippen LogP contribution in [0.1, 0.15) is 0 Å². The summed E-state index contributed by atoms with van der Waals surface area (Å²) in [5.41, 5.74) is 0.514. The van der Waals surface area contributed by atoms with Gasteiger partial charge in [0.1, 0.15) is 0 Å². The van der Waals surface area contributed by atoms with Crippen LogP contribution in [-0.4, -0.2) is 19.1 Å². The van der Waals surface area contributed by atoms with E-state index in [1.165, 1.54) is 9.13 Å². The van der Waals surface area contributed by atoms with Gasteiger partial charge < -0.3 is 4.98 Å². The fourth-order valence-electron chi connectivity index (χ4n) is 2.16. The molecule has 0 unspecified atom stereocenters. The zero-order chi connectivity index (χ0) is 13.0. The topological polar surface area (TPSA) is 92.7 Å². The molecule has 3 aromatic rings. The van der Waals surface area contributed by atoms with Crippen LogP contribution in [0.3, 0.4) is 0 Å². The molecular formula is C11H10N4O3. The van der Waals surface area contributed by atoms with Crippen LogP contribution in [-0.2, 0) is 14.1 Å². The number of imidazole rings is 1. The summed E-state index contributed by atoms with van der Waals surface area (Å²) in [4.78, 5) is 39.4. The maximum absolute atomic E-state index is 11.8. The van der Waals surface area contributed by atoms with E-state index in [9.17, 15) is 14.4 Å². The molecule has 92 valence electrons.